The van der Waals surface area contributed by atoms with Gasteiger partial charge in [0.25, 0.3) is 5.91 Å². The van der Waals surface area contributed by atoms with Gasteiger partial charge in [0.1, 0.15) is 10.8 Å². The van der Waals surface area contributed by atoms with Crippen LogP contribution in [0.25, 0.3) is 6.08 Å². The van der Waals surface area contributed by atoms with Crippen LogP contribution in [0, 0.1) is 5.41 Å². The van der Waals surface area contributed by atoms with E-state index >= 15 is 0 Å². The molecule has 26 heavy (non-hydrogen) atoms. The number of hydrogen-bond acceptors (Lipinski definition) is 6. The molecular weight excluding hydrogens is 368 g/mol. The molecule has 1 aromatic heterocycles. The van der Waals surface area contributed by atoms with Crippen molar-refractivity contribution < 1.29 is 9.21 Å². The summed E-state index contributed by atoms with van der Waals surface area (Å²) in [5.41, 5.74) is 0.207. The number of carbonyl (C=O) groups excluding carboxylic acids is 1. The van der Waals surface area contributed by atoms with Crippen molar-refractivity contribution in [2.75, 3.05) is 0 Å². The van der Waals surface area contributed by atoms with E-state index in [1.165, 1.54) is 48.9 Å². The molecule has 3 heterocycles. The minimum absolute atomic E-state index is 0.0498. The summed E-state index contributed by atoms with van der Waals surface area (Å²) in [4.78, 5) is 16.4. The van der Waals surface area contributed by atoms with Crippen molar-refractivity contribution >= 4 is 51.6 Å². The number of carbonyl (C=O) groups is 1. The molecule has 3 aliphatic rings. The highest BCUT2D eigenvalue weighted by Crippen LogP contribution is 2.35. The molecule has 0 atom stereocenters. The Morgan fingerprint density at radius 3 is 2.96 bits per heavy atom. The Balaban J connectivity index is 1.52. The largest absolute Gasteiger partial charge is 0.450 e. The second-order valence-corrected chi connectivity index (χ2v) is 8.75. The van der Waals surface area contributed by atoms with Crippen LogP contribution in [0.4, 0.5) is 0 Å². The van der Waals surface area contributed by atoms with Crippen molar-refractivity contribution in [1.29, 1.82) is 5.41 Å². The third kappa shape index (κ3) is 3.53. The molecule has 0 aromatic carbocycles. The highest BCUT2D eigenvalue weighted by Gasteiger charge is 2.35. The van der Waals surface area contributed by atoms with Gasteiger partial charge in [-0.15, -0.1) is 0 Å². The fourth-order valence-corrected chi connectivity index (χ4v) is 5.15. The Bertz CT molecular complexity index is 834. The summed E-state index contributed by atoms with van der Waals surface area (Å²) in [5, 5.41) is 16.9. The lowest BCUT2D eigenvalue weighted by atomic mass is 10.0. The molecule has 1 N–H and O–H groups in total. The first-order valence-electron chi connectivity index (χ1n) is 8.89. The third-order valence-corrected chi connectivity index (χ3v) is 6.83. The molecule has 1 fully saturated rings. The Kier molecular flexibility index (Phi) is 5.04. The average molecular weight is 389 g/mol. The molecule has 0 spiro atoms. The van der Waals surface area contributed by atoms with Crippen LogP contribution in [0.5, 0.6) is 0 Å². The molecule has 1 aliphatic carbocycles. The number of hydrazone groups is 1. The van der Waals surface area contributed by atoms with E-state index in [-0.39, 0.29) is 11.4 Å². The zero-order valence-electron chi connectivity index (χ0n) is 14.5. The van der Waals surface area contributed by atoms with E-state index in [0.717, 1.165) is 16.6 Å². The van der Waals surface area contributed by atoms with E-state index in [0.29, 0.717) is 16.2 Å². The van der Waals surface area contributed by atoms with Crippen molar-refractivity contribution in [2.45, 2.75) is 55.8 Å². The lowest BCUT2D eigenvalue weighted by molar-refractivity contribution is -0.114. The maximum Gasteiger partial charge on any atom is 0.283 e. The maximum atomic E-state index is 12.3. The number of hydrogen-bond donors (Lipinski definition) is 1. The Hall–Kier alpha value is -1.80. The SMILES string of the molecule is CCC1=NN2C(=N)/C(=C\c3ccc(SC4CCCCC4)o3)C(=O)N=C2S1. The number of aliphatic imine (C=N–C) groups is 1. The zero-order chi connectivity index (χ0) is 18.1. The van der Waals surface area contributed by atoms with E-state index in [2.05, 4.69) is 10.1 Å². The number of amides is 1. The Labute approximate surface area is 160 Å². The Morgan fingerprint density at radius 2 is 2.19 bits per heavy atom. The smallest absolute Gasteiger partial charge is 0.283 e. The maximum absolute atomic E-state index is 12.3. The standard InChI is InChI=1S/C18H20N4O2S2/c1-2-14-21-22-16(19)13(17(23)20-18(22)26-14)10-11-8-9-15(24-11)25-12-6-4-3-5-7-12/h8-10,12,19H,2-7H2,1H3/b13-10+,19-16?. The number of nitrogens with zero attached hydrogens (tertiary/aromatic N) is 3. The molecule has 136 valence electrons. The van der Waals surface area contributed by atoms with Gasteiger partial charge in [0.15, 0.2) is 10.9 Å². The van der Waals surface area contributed by atoms with Crippen LogP contribution in [0.3, 0.4) is 0 Å². The molecule has 0 bridgehead atoms. The summed E-state index contributed by atoms with van der Waals surface area (Å²) in [5.74, 6) is 0.203. The van der Waals surface area contributed by atoms with Gasteiger partial charge < -0.3 is 4.42 Å². The molecule has 4 rings (SSSR count). The number of furan rings is 1. The van der Waals surface area contributed by atoms with Crippen LogP contribution in [0.1, 0.15) is 51.2 Å². The fourth-order valence-electron chi connectivity index (χ4n) is 3.14. The quantitative estimate of drug-likeness (QED) is 0.754. The molecule has 1 aromatic rings. The topological polar surface area (TPSA) is 82.0 Å². The van der Waals surface area contributed by atoms with E-state index in [4.69, 9.17) is 9.83 Å². The van der Waals surface area contributed by atoms with Gasteiger partial charge >= 0.3 is 0 Å². The van der Waals surface area contributed by atoms with Gasteiger partial charge in [-0.3, -0.25) is 10.2 Å². The van der Waals surface area contributed by atoms with Crippen LogP contribution < -0.4 is 0 Å². The molecule has 0 unspecified atom stereocenters. The number of rotatable bonds is 4. The van der Waals surface area contributed by atoms with Crippen molar-refractivity contribution in [3.63, 3.8) is 0 Å². The van der Waals surface area contributed by atoms with Crippen molar-refractivity contribution in [3.8, 4) is 0 Å². The zero-order valence-corrected chi connectivity index (χ0v) is 16.2. The van der Waals surface area contributed by atoms with Gasteiger partial charge in [0, 0.05) is 5.25 Å². The third-order valence-electron chi connectivity index (χ3n) is 4.52. The highest BCUT2D eigenvalue weighted by molar-refractivity contribution is 8.26. The van der Waals surface area contributed by atoms with Crippen LogP contribution in [0.15, 0.2) is 37.3 Å². The molecule has 0 radical (unpaired) electrons. The number of thioether (sulfide) groups is 2. The second-order valence-electron chi connectivity index (χ2n) is 6.40. The second kappa shape index (κ2) is 7.44. The summed E-state index contributed by atoms with van der Waals surface area (Å²) >= 11 is 3.11. The van der Waals surface area contributed by atoms with Gasteiger partial charge in [-0.1, -0.05) is 37.9 Å². The van der Waals surface area contributed by atoms with E-state index in [1.807, 2.05) is 19.1 Å². The normalized spacial score (nSPS) is 22.7. The predicted octanol–water partition coefficient (Wildman–Crippen LogP) is 4.73. The van der Waals surface area contributed by atoms with Crippen LogP contribution in [-0.2, 0) is 4.79 Å². The van der Waals surface area contributed by atoms with E-state index in [1.54, 1.807) is 17.8 Å². The first-order valence-corrected chi connectivity index (χ1v) is 10.6. The molecule has 1 amide bonds. The van der Waals surface area contributed by atoms with Crippen LogP contribution in [0.2, 0.25) is 0 Å². The molecule has 2 aliphatic heterocycles. The highest BCUT2D eigenvalue weighted by atomic mass is 32.2. The van der Waals surface area contributed by atoms with Crippen LogP contribution in [-0.4, -0.2) is 32.2 Å². The summed E-state index contributed by atoms with van der Waals surface area (Å²) in [7, 11) is 0. The molecule has 1 saturated carbocycles. The number of amidine groups is 2. The lowest BCUT2D eigenvalue weighted by Gasteiger charge is -2.20. The molecule has 8 heteroatoms. The van der Waals surface area contributed by atoms with Gasteiger partial charge in [-0.25, -0.2) is 0 Å². The molecule has 0 saturated heterocycles. The molecular formula is C18H20N4O2S2. The average Bonchev–Trinajstić information content (AvgIpc) is 3.26. The van der Waals surface area contributed by atoms with Crippen molar-refractivity contribution in [2.24, 2.45) is 10.1 Å². The van der Waals surface area contributed by atoms with Crippen molar-refractivity contribution in [3.05, 3.63) is 23.5 Å². The first-order chi connectivity index (χ1) is 12.6. The fraction of sp³-hybridized carbons (Fsp3) is 0.444. The number of fused-ring (bicyclic) bond motifs is 1. The van der Waals surface area contributed by atoms with Gasteiger partial charge in [0.05, 0.1) is 5.57 Å². The van der Waals surface area contributed by atoms with Gasteiger partial charge in [0.2, 0.25) is 5.17 Å². The van der Waals surface area contributed by atoms with E-state index in [9.17, 15) is 4.79 Å². The molecule has 6 nitrogen and oxygen atoms in total. The Morgan fingerprint density at radius 1 is 1.38 bits per heavy atom. The summed E-state index contributed by atoms with van der Waals surface area (Å²) < 4.78 is 5.87. The van der Waals surface area contributed by atoms with E-state index < -0.39 is 5.91 Å². The summed E-state index contributed by atoms with van der Waals surface area (Å²) in [6, 6.07) is 3.79. The first kappa shape index (κ1) is 17.6. The lowest BCUT2D eigenvalue weighted by Crippen LogP contribution is -2.35. The van der Waals surface area contributed by atoms with Crippen molar-refractivity contribution in [1.82, 2.24) is 5.01 Å². The van der Waals surface area contributed by atoms with Gasteiger partial charge in [-0.2, -0.15) is 15.1 Å². The number of nitrogens with one attached hydrogen (secondary N) is 1. The monoisotopic (exact) mass is 388 g/mol. The predicted molar refractivity (Wildman–Crippen MR) is 107 cm³/mol. The minimum Gasteiger partial charge on any atom is -0.450 e. The van der Waals surface area contributed by atoms with Gasteiger partial charge in [-0.05, 0) is 49.2 Å². The summed E-state index contributed by atoms with van der Waals surface area (Å²) in [6.45, 7) is 1.99. The van der Waals surface area contributed by atoms with Crippen LogP contribution >= 0.6 is 23.5 Å². The summed E-state index contributed by atoms with van der Waals surface area (Å²) in [6.07, 6.45) is 8.71. The minimum atomic E-state index is -0.417.